The van der Waals surface area contributed by atoms with E-state index in [1.54, 1.807) is 0 Å². The van der Waals surface area contributed by atoms with Gasteiger partial charge in [-0.2, -0.15) is 0 Å². The standard InChI is InChI=1S/C13H13P.3CO.Co.Na/c1-14(12-8-4-2-5-9-12)13-10-6-3-7-11-13;3*1-2;;/h2-11H,1H3;;;;;/q;;;;;+1. The Kier molecular flexibility index (Phi) is 30.8. The van der Waals surface area contributed by atoms with Gasteiger partial charge in [0.1, 0.15) is 0 Å². The zero-order chi connectivity index (χ0) is 15.8. The fraction of sp³-hybridized carbons (Fsp3) is 0.0625. The molecule has 0 bridgehead atoms. The van der Waals surface area contributed by atoms with Crippen molar-refractivity contribution in [1.29, 1.82) is 0 Å². The minimum absolute atomic E-state index is 0. The van der Waals surface area contributed by atoms with Crippen molar-refractivity contribution in [2.24, 2.45) is 0 Å². The van der Waals surface area contributed by atoms with Crippen molar-refractivity contribution in [2.75, 3.05) is 6.66 Å². The molecule has 0 unspecified atom stereocenters. The van der Waals surface area contributed by atoms with Gasteiger partial charge in [0.25, 0.3) is 0 Å². The fourth-order valence-corrected chi connectivity index (χ4v) is 2.99. The second-order valence-corrected chi connectivity index (χ2v) is 5.38. The maximum absolute atomic E-state index is 7.50. The maximum Gasteiger partial charge on any atom is 1.00 e. The van der Waals surface area contributed by atoms with Crippen molar-refractivity contribution in [3.8, 4) is 0 Å². The van der Waals surface area contributed by atoms with Crippen LogP contribution in [0.15, 0.2) is 60.7 Å². The van der Waals surface area contributed by atoms with Gasteiger partial charge in [0.05, 0.1) is 0 Å². The smallest absolute Gasteiger partial charge is 0 e. The molecule has 0 aliphatic rings. The number of hydrogen-bond donors (Lipinski definition) is 0. The van der Waals surface area contributed by atoms with Crippen LogP contribution in [0.25, 0.3) is 0 Å². The molecule has 0 fully saturated rings. The first-order chi connectivity index (χ1) is 9.88. The molecule has 0 amide bonds. The summed E-state index contributed by atoms with van der Waals surface area (Å²) in [5.74, 6) is 0. The Morgan fingerprint density at radius 2 is 0.864 bits per heavy atom. The molecule has 0 N–H and O–H groups in total. The SMILES string of the molecule is CP(c1ccccc1)c1ccccc1.[C-]#[O+].[C-]#[O+].[C-]#[O+].[Co].[Na+]. The van der Waals surface area contributed by atoms with Gasteiger partial charge < -0.3 is 0 Å². The molecular formula is C16H13CoNaO3P+. The third-order valence-electron chi connectivity index (χ3n) is 2.29. The first kappa shape index (κ1) is 29.6. The van der Waals surface area contributed by atoms with Gasteiger partial charge in [0.2, 0.25) is 0 Å². The topological polar surface area (TPSA) is 59.7 Å². The summed E-state index contributed by atoms with van der Waals surface area (Å²) in [5.41, 5.74) is 0. The Labute approximate surface area is 165 Å². The van der Waals surface area contributed by atoms with E-state index >= 15 is 0 Å². The Morgan fingerprint density at radius 3 is 1.09 bits per heavy atom. The summed E-state index contributed by atoms with van der Waals surface area (Å²) in [4.78, 5) is 0. The van der Waals surface area contributed by atoms with E-state index in [4.69, 9.17) is 14.0 Å². The van der Waals surface area contributed by atoms with E-state index in [0.717, 1.165) is 0 Å². The van der Waals surface area contributed by atoms with Crippen LogP contribution < -0.4 is 40.2 Å². The minimum Gasteiger partial charge on any atom is 0 e. The van der Waals surface area contributed by atoms with Crippen LogP contribution in [0.2, 0.25) is 0 Å². The summed E-state index contributed by atoms with van der Waals surface area (Å²) in [6, 6.07) is 21.4. The number of benzene rings is 2. The molecule has 2 rings (SSSR count). The Bertz CT molecular complexity index is 461. The van der Waals surface area contributed by atoms with Crippen molar-refractivity contribution in [3.63, 3.8) is 0 Å². The van der Waals surface area contributed by atoms with Crippen LogP contribution in [-0.2, 0) is 30.7 Å². The Hall–Kier alpha value is -0.404. The van der Waals surface area contributed by atoms with Gasteiger partial charge in [-0.15, -0.1) is 0 Å². The van der Waals surface area contributed by atoms with Gasteiger partial charge in [-0.25, -0.2) is 0 Å². The van der Waals surface area contributed by atoms with Gasteiger partial charge in [-0.1, -0.05) is 60.7 Å². The van der Waals surface area contributed by atoms with Crippen LogP contribution in [0, 0.1) is 20.0 Å². The Morgan fingerprint density at radius 1 is 0.636 bits per heavy atom. The zero-order valence-electron chi connectivity index (χ0n) is 12.3. The quantitative estimate of drug-likeness (QED) is 0.302. The molecule has 3 nitrogen and oxygen atoms in total. The molecule has 109 valence electrons. The van der Waals surface area contributed by atoms with E-state index in [-0.39, 0.29) is 54.3 Å². The zero-order valence-corrected chi connectivity index (χ0v) is 16.2. The van der Waals surface area contributed by atoms with E-state index in [2.05, 4.69) is 87.3 Å². The molecule has 2 aromatic rings. The summed E-state index contributed by atoms with van der Waals surface area (Å²) in [7, 11) is -0.171. The van der Waals surface area contributed by atoms with Gasteiger partial charge in [0.15, 0.2) is 0 Å². The van der Waals surface area contributed by atoms with Crippen molar-refractivity contribution in [3.05, 3.63) is 80.6 Å². The first-order valence-corrected chi connectivity index (χ1v) is 7.12. The van der Waals surface area contributed by atoms with Crippen molar-refractivity contribution >= 4 is 18.5 Å². The molecule has 22 heavy (non-hydrogen) atoms. The average molecular weight is 366 g/mol. The van der Waals surface area contributed by atoms with Crippen LogP contribution in [0.5, 0.6) is 0 Å². The normalized spacial score (nSPS) is 6.91. The molecule has 1 radical (unpaired) electrons. The summed E-state index contributed by atoms with van der Waals surface area (Å²) >= 11 is 0. The molecular weight excluding hydrogens is 353 g/mol. The molecule has 0 atom stereocenters. The van der Waals surface area contributed by atoms with Gasteiger partial charge >= 0.3 is 63.5 Å². The van der Waals surface area contributed by atoms with Crippen LogP contribution in [-0.4, -0.2) is 6.66 Å². The van der Waals surface area contributed by atoms with Crippen molar-refractivity contribution in [1.82, 2.24) is 0 Å². The van der Waals surface area contributed by atoms with E-state index in [1.165, 1.54) is 10.6 Å². The molecule has 0 heterocycles. The summed E-state index contributed by atoms with van der Waals surface area (Å²) < 4.78 is 22.5. The van der Waals surface area contributed by atoms with E-state index in [9.17, 15) is 0 Å². The number of hydrogen-bond acceptors (Lipinski definition) is 0. The van der Waals surface area contributed by atoms with Crippen LogP contribution >= 0.6 is 7.92 Å². The maximum atomic E-state index is 7.50. The average Bonchev–Trinajstić information content (AvgIpc) is 2.61. The molecule has 0 aliphatic carbocycles. The third kappa shape index (κ3) is 12.2. The number of rotatable bonds is 2. The molecule has 0 aliphatic heterocycles. The molecule has 2 aromatic carbocycles. The van der Waals surface area contributed by atoms with Crippen LogP contribution in [0.4, 0.5) is 0 Å². The van der Waals surface area contributed by atoms with Gasteiger partial charge in [-0.3, -0.25) is 0 Å². The summed E-state index contributed by atoms with van der Waals surface area (Å²) in [6.45, 7) is 15.8. The van der Waals surface area contributed by atoms with E-state index in [1.807, 2.05) is 0 Å². The third-order valence-corrected chi connectivity index (χ3v) is 4.43. The molecule has 0 aromatic heterocycles. The van der Waals surface area contributed by atoms with Gasteiger partial charge in [-0.05, 0) is 25.2 Å². The summed E-state index contributed by atoms with van der Waals surface area (Å²) in [5, 5.41) is 2.88. The first-order valence-electron chi connectivity index (χ1n) is 5.33. The van der Waals surface area contributed by atoms with Crippen molar-refractivity contribution in [2.45, 2.75) is 0 Å². The van der Waals surface area contributed by atoms with Crippen LogP contribution in [0.3, 0.4) is 0 Å². The van der Waals surface area contributed by atoms with Crippen LogP contribution in [0.1, 0.15) is 0 Å². The molecule has 0 spiro atoms. The van der Waals surface area contributed by atoms with Gasteiger partial charge in [0, 0.05) is 16.8 Å². The molecule has 0 saturated heterocycles. The second kappa shape index (κ2) is 22.9. The second-order valence-electron chi connectivity index (χ2n) is 3.23. The Balaban J connectivity index is -0.000000182. The largest absolute Gasteiger partial charge is 1.00 e. The minimum atomic E-state index is -0.171. The van der Waals surface area contributed by atoms with E-state index < -0.39 is 0 Å². The summed E-state index contributed by atoms with van der Waals surface area (Å²) in [6.07, 6.45) is 0. The fourth-order valence-electron chi connectivity index (χ4n) is 1.45. The monoisotopic (exact) mass is 366 g/mol. The molecule has 0 saturated carbocycles. The van der Waals surface area contributed by atoms with Crippen molar-refractivity contribution < 1.29 is 60.3 Å². The predicted molar refractivity (Wildman–Crippen MR) is 76.8 cm³/mol. The van der Waals surface area contributed by atoms with E-state index in [0.29, 0.717) is 0 Å². The molecule has 6 heteroatoms. The predicted octanol–water partition coefficient (Wildman–Crippen LogP) is -0.362.